The molecule has 11 heteroatoms. The number of carbonyl (C=O) groups is 4. The molecule has 0 saturated heterocycles. The number of aliphatic carboxylic acids is 3. The van der Waals surface area contributed by atoms with Gasteiger partial charge in [-0.25, -0.2) is 14.4 Å². The highest BCUT2D eigenvalue weighted by Gasteiger charge is 2.25. The Kier molecular flexibility index (Phi) is 12.6. The van der Waals surface area contributed by atoms with E-state index in [2.05, 4.69) is 21.3 Å². The van der Waals surface area contributed by atoms with E-state index in [-0.39, 0.29) is 19.4 Å². The third-order valence-electron chi connectivity index (χ3n) is 4.15. The molecule has 0 heterocycles. The molecule has 1 aliphatic carbocycles. The fourth-order valence-corrected chi connectivity index (χ4v) is 2.48. The minimum atomic E-state index is -1.42. The summed E-state index contributed by atoms with van der Waals surface area (Å²) in [6.07, 6.45) is 2.42. The number of rotatable bonds is 12. The summed E-state index contributed by atoms with van der Waals surface area (Å²) in [5.74, 6) is -2.99. The van der Waals surface area contributed by atoms with Gasteiger partial charge in [0.05, 0.1) is 5.82 Å². The molecule has 1 aliphatic rings. The lowest BCUT2D eigenvalue weighted by Crippen LogP contribution is -2.51. The number of allylic oxidation sites excluding steroid dienone is 1. The average molecular weight is 416 g/mol. The molecule has 0 radical (unpaired) electrons. The van der Waals surface area contributed by atoms with Crippen molar-refractivity contribution in [1.29, 1.82) is 0 Å². The van der Waals surface area contributed by atoms with Gasteiger partial charge in [0.15, 0.2) is 0 Å². The number of nitrogens with one attached hydrogen (secondary N) is 4. The van der Waals surface area contributed by atoms with Crippen molar-refractivity contribution in [2.45, 2.75) is 64.5 Å². The summed E-state index contributed by atoms with van der Waals surface area (Å²) in [5, 5.41) is 37.3. The van der Waals surface area contributed by atoms with Gasteiger partial charge in [-0.2, -0.15) is 0 Å². The van der Waals surface area contributed by atoms with Crippen LogP contribution in [0.1, 0.15) is 52.4 Å². The molecule has 0 aromatic heterocycles. The number of carbonyl (C=O) groups excluding carboxylic acids is 1. The predicted molar refractivity (Wildman–Crippen MR) is 105 cm³/mol. The van der Waals surface area contributed by atoms with E-state index in [0.717, 1.165) is 25.1 Å². The Balaban J connectivity index is 0.00000379. The largest absolute Gasteiger partial charge is 0.481 e. The van der Waals surface area contributed by atoms with E-state index < -0.39 is 42.4 Å². The highest BCUT2D eigenvalue weighted by molar-refractivity contribution is 5.86. The van der Waals surface area contributed by atoms with Crippen molar-refractivity contribution >= 4 is 23.9 Å². The number of urea groups is 1. The molecule has 1 saturated carbocycles. The smallest absolute Gasteiger partial charge is 0.326 e. The highest BCUT2D eigenvalue weighted by Crippen LogP contribution is 2.26. The first-order valence-corrected chi connectivity index (χ1v) is 9.62. The van der Waals surface area contributed by atoms with E-state index in [1.54, 1.807) is 7.05 Å². The summed E-state index contributed by atoms with van der Waals surface area (Å²) in [6.45, 7) is 4.29. The summed E-state index contributed by atoms with van der Waals surface area (Å²) in [7, 11) is 1.76. The lowest BCUT2D eigenvalue weighted by molar-refractivity contribution is -0.140. The molecule has 1 fully saturated rings. The minimum Gasteiger partial charge on any atom is -0.481 e. The fraction of sp³-hybridized carbons (Fsp3) is 0.667. The van der Waals surface area contributed by atoms with Crippen LogP contribution in [0.4, 0.5) is 4.79 Å². The van der Waals surface area contributed by atoms with Crippen LogP contribution in [0.15, 0.2) is 11.4 Å². The maximum Gasteiger partial charge on any atom is 0.326 e. The minimum absolute atomic E-state index is 0.0775. The normalized spacial score (nSPS) is 14.1. The zero-order chi connectivity index (χ0) is 22.4. The molecule has 0 bridgehead atoms. The van der Waals surface area contributed by atoms with Crippen LogP contribution < -0.4 is 21.3 Å². The van der Waals surface area contributed by atoms with Crippen LogP contribution in [-0.4, -0.2) is 64.9 Å². The fourth-order valence-electron chi connectivity index (χ4n) is 2.48. The van der Waals surface area contributed by atoms with Gasteiger partial charge in [-0.3, -0.25) is 4.79 Å². The Bertz CT molecular complexity index is 601. The summed E-state index contributed by atoms with van der Waals surface area (Å²) >= 11 is 0. The molecule has 29 heavy (non-hydrogen) atoms. The molecule has 2 unspecified atom stereocenters. The van der Waals surface area contributed by atoms with Crippen molar-refractivity contribution in [1.82, 2.24) is 21.3 Å². The first kappa shape index (κ1) is 26.0. The standard InChI is InChI=1S/C16H26N4O7.C2H6/c1-17-13(9-3-2-4-9)18-8-7-11(15(25)26)20-16(27)19-10(14(23)24)5-6-12(21)22;1-2/h10-11,17-18H,2-8H2,1H3,(H,21,22)(H,23,24)(H,25,26)(H2,19,20,27);1-2H3. The van der Waals surface area contributed by atoms with Gasteiger partial charge in [-0.1, -0.05) is 13.8 Å². The average Bonchev–Trinajstić information content (AvgIpc) is 2.62. The zero-order valence-corrected chi connectivity index (χ0v) is 17.1. The zero-order valence-electron chi connectivity index (χ0n) is 17.1. The van der Waals surface area contributed by atoms with Crippen molar-refractivity contribution in [2.75, 3.05) is 13.6 Å². The van der Waals surface area contributed by atoms with Crippen LogP contribution in [0.3, 0.4) is 0 Å². The van der Waals surface area contributed by atoms with Gasteiger partial charge in [0, 0.05) is 20.0 Å². The van der Waals surface area contributed by atoms with Crippen LogP contribution in [0, 0.1) is 0 Å². The van der Waals surface area contributed by atoms with Crippen molar-refractivity contribution in [3.05, 3.63) is 11.4 Å². The van der Waals surface area contributed by atoms with Gasteiger partial charge < -0.3 is 36.6 Å². The Morgan fingerprint density at radius 1 is 0.931 bits per heavy atom. The lowest BCUT2D eigenvalue weighted by Gasteiger charge is -2.23. The number of amides is 2. The molecule has 0 aliphatic heterocycles. The molecule has 0 spiro atoms. The van der Waals surface area contributed by atoms with Crippen LogP contribution in [-0.2, 0) is 14.4 Å². The summed E-state index contributed by atoms with van der Waals surface area (Å²) in [5.41, 5.74) is 1.23. The first-order chi connectivity index (χ1) is 13.7. The summed E-state index contributed by atoms with van der Waals surface area (Å²) in [4.78, 5) is 44.8. The Hall–Kier alpha value is -2.98. The van der Waals surface area contributed by atoms with E-state index >= 15 is 0 Å². The molecule has 2 atom stereocenters. The van der Waals surface area contributed by atoms with Gasteiger partial charge >= 0.3 is 23.9 Å². The Morgan fingerprint density at radius 2 is 1.45 bits per heavy atom. The van der Waals surface area contributed by atoms with Gasteiger partial charge in [0.2, 0.25) is 0 Å². The Morgan fingerprint density at radius 3 is 1.83 bits per heavy atom. The van der Waals surface area contributed by atoms with Gasteiger partial charge in [-0.05, 0) is 37.7 Å². The summed E-state index contributed by atoms with van der Waals surface area (Å²) in [6, 6.07) is -3.63. The van der Waals surface area contributed by atoms with Crippen molar-refractivity contribution in [3.8, 4) is 0 Å². The highest BCUT2D eigenvalue weighted by atomic mass is 16.4. The molecule has 0 aromatic rings. The van der Waals surface area contributed by atoms with E-state index in [1.165, 1.54) is 5.57 Å². The second-order valence-electron chi connectivity index (χ2n) is 6.13. The predicted octanol–water partition coefficient (Wildman–Crippen LogP) is 0.678. The maximum atomic E-state index is 11.9. The molecular weight excluding hydrogens is 384 g/mol. The van der Waals surface area contributed by atoms with Crippen LogP contribution in [0.25, 0.3) is 0 Å². The number of hydrogen-bond acceptors (Lipinski definition) is 6. The van der Waals surface area contributed by atoms with E-state index in [0.29, 0.717) is 0 Å². The van der Waals surface area contributed by atoms with Crippen molar-refractivity contribution in [2.24, 2.45) is 0 Å². The molecule has 166 valence electrons. The molecule has 1 rings (SSSR count). The number of hydrogen-bond donors (Lipinski definition) is 7. The van der Waals surface area contributed by atoms with Gasteiger partial charge in [0.1, 0.15) is 12.1 Å². The quantitative estimate of drug-likeness (QED) is 0.241. The van der Waals surface area contributed by atoms with E-state index in [4.69, 9.17) is 10.2 Å². The second kappa shape index (κ2) is 14.1. The van der Waals surface area contributed by atoms with Crippen LogP contribution >= 0.6 is 0 Å². The third-order valence-corrected chi connectivity index (χ3v) is 4.15. The van der Waals surface area contributed by atoms with Crippen molar-refractivity contribution in [3.63, 3.8) is 0 Å². The van der Waals surface area contributed by atoms with E-state index in [1.807, 2.05) is 13.8 Å². The molecule has 7 N–H and O–H groups in total. The van der Waals surface area contributed by atoms with Crippen LogP contribution in [0.5, 0.6) is 0 Å². The Labute approximate surface area is 169 Å². The number of carboxylic acid groups (broad SMARTS) is 3. The SMILES string of the molecule is CC.CNC(NCCC(NC(=O)NC(CCC(=O)O)C(=O)O)C(=O)O)=C1CCC1. The topological polar surface area (TPSA) is 177 Å². The van der Waals surface area contributed by atoms with Gasteiger partial charge in [-0.15, -0.1) is 0 Å². The third kappa shape index (κ3) is 10.2. The number of carboxylic acids is 3. The van der Waals surface area contributed by atoms with Gasteiger partial charge in [0.25, 0.3) is 0 Å². The molecule has 11 nitrogen and oxygen atoms in total. The molecular formula is C18H32N4O7. The van der Waals surface area contributed by atoms with Crippen LogP contribution in [0.2, 0.25) is 0 Å². The maximum absolute atomic E-state index is 11.9. The first-order valence-electron chi connectivity index (χ1n) is 9.62. The van der Waals surface area contributed by atoms with Crippen molar-refractivity contribution < 1.29 is 34.5 Å². The summed E-state index contributed by atoms with van der Waals surface area (Å²) < 4.78 is 0. The van der Waals surface area contributed by atoms with E-state index in [9.17, 15) is 24.3 Å². The second-order valence-corrected chi connectivity index (χ2v) is 6.13. The monoisotopic (exact) mass is 416 g/mol. The molecule has 2 amide bonds. The lowest BCUT2D eigenvalue weighted by atomic mass is 9.92. The molecule has 0 aromatic carbocycles.